The highest BCUT2D eigenvalue weighted by Gasteiger charge is 2.17. The second-order valence-corrected chi connectivity index (χ2v) is 7.80. The van der Waals surface area contributed by atoms with Crippen molar-refractivity contribution < 1.29 is 5.11 Å². The van der Waals surface area contributed by atoms with Gasteiger partial charge in [-0.25, -0.2) is 10.2 Å². The molecule has 0 unspecified atom stereocenters. The number of nitrogens with one attached hydrogen (secondary N) is 2. The number of benzene rings is 1. The summed E-state index contributed by atoms with van der Waals surface area (Å²) in [5.41, 5.74) is 2.81. The Morgan fingerprint density at radius 2 is 1.76 bits per heavy atom. The molecule has 0 radical (unpaired) electrons. The van der Waals surface area contributed by atoms with Gasteiger partial charge in [0.05, 0.1) is 11.9 Å². The summed E-state index contributed by atoms with van der Waals surface area (Å²) in [4.78, 5) is 43.8. The van der Waals surface area contributed by atoms with Crippen molar-refractivity contribution in [1.82, 2.24) is 28.2 Å². The number of hydrazone groups is 1. The van der Waals surface area contributed by atoms with Crippen LogP contribution in [0.4, 0.5) is 5.95 Å². The fraction of sp³-hybridized carbons (Fsp3) is 0.200. The highest BCUT2D eigenvalue weighted by atomic mass is 32.1. The average Bonchev–Trinajstić information content (AvgIpc) is 3.10. The van der Waals surface area contributed by atoms with Gasteiger partial charge in [0.1, 0.15) is 5.56 Å². The predicted octanol–water partition coefficient (Wildman–Crippen LogP) is 0.639. The van der Waals surface area contributed by atoms with Gasteiger partial charge < -0.3 is 9.67 Å². The molecule has 0 atom stereocenters. The van der Waals surface area contributed by atoms with Crippen LogP contribution < -0.4 is 22.2 Å². The molecule has 3 aromatic heterocycles. The number of nitrogens with zero attached hydrogens (tertiary/aromatic N) is 6. The highest BCUT2D eigenvalue weighted by molar-refractivity contribution is 7.71. The third-order valence-corrected chi connectivity index (χ3v) is 5.53. The van der Waals surface area contributed by atoms with Gasteiger partial charge in [-0.3, -0.25) is 28.3 Å². The number of aromatic amines is 1. The molecule has 0 fully saturated rings. The van der Waals surface area contributed by atoms with Crippen molar-refractivity contribution in [3.63, 3.8) is 0 Å². The van der Waals surface area contributed by atoms with Crippen molar-refractivity contribution in [3.8, 4) is 11.6 Å². The summed E-state index contributed by atoms with van der Waals surface area (Å²) >= 11 is 5.20. The van der Waals surface area contributed by atoms with Crippen molar-refractivity contribution in [2.75, 3.05) is 5.43 Å². The summed E-state index contributed by atoms with van der Waals surface area (Å²) in [7, 11) is 4.46. The van der Waals surface area contributed by atoms with Gasteiger partial charge in [-0.2, -0.15) is 10.1 Å². The van der Waals surface area contributed by atoms with Gasteiger partial charge in [0.25, 0.3) is 11.1 Å². The molecule has 0 aliphatic heterocycles. The maximum Gasteiger partial charge on any atom is 0.332 e. The molecule has 0 amide bonds. The van der Waals surface area contributed by atoms with Gasteiger partial charge >= 0.3 is 5.69 Å². The molecule has 0 bridgehead atoms. The normalized spacial score (nSPS) is 11.5. The Balaban J connectivity index is 1.75. The molecule has 33 heavy (non-hydrogen) atoms. The SMILES string of the molecule is Cc1ccc(-n2c(O)c(C=NNc3nc4c(c(=O)n(C)c(=O)n4C)n3C)c(=O)[nH]c2=S)cc1. The average molecular weight is 468 g/mol. The Bertz CT molecular complexity index is 1670. The minimum atomic E-state index is -0.632. The maximum atomic E-state index is 12.5. The number of fused-ring (bicyclic) bond motifs is 1. The first-order chi connectivity index (χ1) is 15.6. The van der Waals surface area contributed by atoms with Crippen LogP contribution in [-0.4, -0.2) is 39.6 Å². The fourth-order valence-corrected chi connectivity index (χ4v) is 3.65. The lowest BCUT2D eigenvalue weighted by molar-refractivity contribution is 0.432. The van der Waals surface area contributed by atoms with E-state index in [4.69, 9.17) is 12.2 Å². The third kappa shape index (κ3) is 3.57. The Labute approximate surface area is 190 Å². The predicted molar refractivity (Wildman–Crippen MR) is 126 cm³/mol. The second-order valence-electron chi connectivity index (χ2n) is 7.41. The summed E-state index contributed by atoms with van der Waals surface area (Å²) in [5.74, 6) is -0.235. The monoisotopic (exact) mass is 468 g/mol. The maximum absolute atomic E-state index is 12.5. The number of hydrogen-bond donors (Lipinski definition) is 3. The van der Waals surface area contributed by atoms with E-state index in [0.29, 0.717) is 5.69 Å². The lowest BCUT2D eigenvalue weighted by Crippen LogP contribution is -2.37. The molecule has 0 saturated carbocycles. The first-order valence-electron chi connectivity index (χ1n) is 9.68. The molecule has 0 saturated heterocycles. The van der Waals surface area contributed by atoms with E-state index in [9.17, 15) is 19.5 Å². The molecule has 170 valence electrons. The molecule has 4 rings (SSSR count). The summed E-state index contributed by atoms with van der Waals surface area (Å²) in [5, 5.41) is 14.7. The minimum absolute atomic E-state index is 0.0265. The summed E-state index contributed by atoms with van der Waals surface area (Å²) < 4.78 is 5.01. The molecule has 4 aromatic rings. The van der Waals surface area contributed by atoms with E-state index in [1.54, 1.807) is 19.2 Å². The van der Waals surface area contributed by atoms with Gasteiger partial charge in [0.2, 0.25) is 11.8 Å². The number of aromatic nitrogens is 6. The first-order valence-corrected chi connectivity index (χ1v) is 10.1. The number of imidazole rings is 1. The molecule has 0 spiro atoms. The van der Waals surface area contributed by atoms with E-state index in [-0.39, 0.29) is 33.3 Å². The molecular formula is C20H20N8O4S. The Morgan fingerprint density at radius 1 is 1.09 bits per heavy atom. The van der Waals surface area contributed by atoms with E-state index in [0.717, 1.165) is 16.3 Å². The van der Waals surface area contributed by atoms with E-state index in [2.05, 4.69) is 20.5 Å². The number of anilines is 1. The molecule has 1 aromatic carbocycles. The fourth-order valence-electron chi connectivity index (χ4n) is 3.36. The van der Waals surface area contributed by atoms with Crippen LogP contribution in [-0.2, 0) is 21.1 Å². The topological polar surface area (TPSA) is 144 Å². The number of aromatic hydroxyl groups is 1. The largest absolute Gasteiger partial charge is 0.494 e. The minimum Gasteiger partial charge on any atom is -0.494 e. The Hall–Kier alpha value is -4.26. The van der Waals surface area contributed by atoms with Crippen LogP contribution in [0.2, 0.25) is 0 Å². The quantitative estimate of drug-likeness (QED) is 0.226. The van der Waals surface area contributed by atoms with Gasteiger partial charge in [-0.05, 0) is 31.3 Å². The summed E-state index contributed by atoms with van der Waals surface area (Å²) in [6.45, 7) is 1.92. The van der Waals surface area contributed by atoms with Crippen molar-refractivity contribution in [2.24, 2.45) is 26.2 Å². The molecule has 0 aliphatic rings. The smallest absolute Gasteiger partial charge is 0.332 e. The summed E-state index contributed by atoms with van der Waals surface area (Å²) in [6, 6.07) is 7.21. The van der Waals surface area contributed by atoms with Crippen molar-refractivity contribution in [2.45, 2.75) is 6.92 Å². The van der Waals surface area contributed by atoms with Crippen molar-refractivity contribution in [3.05, 3.63) is 71.4 Å². The number of aryl methyl sites for hydroxylation is 3. The van der Waals surface area contributed by atoms with Crippen LogP contribution in [0.15, 0.2) is 43.8 Å². The van der Waals surface area contributed by atoms with E-state index >= 15 is 0 Å². The zero-order valence-corrected chi connectivity index (χ0v) is 19.0. The Morgan fingerprint density at radius 3 is 2.42 bits per heavy atom. The Kier molecular flexibility index (Phi) is 5.33. The van der Waals surface area contributed by atoms with Gasteiger partial charge in [-0.15, -0.1) is 0 Å². The first kappa shape index (κ1) is 22.0. The standard InChI is InChI=1S/C20H20N8O4S/c1-10-5-7-11(8-6-10)28-16(30)12(15(29)23-19(28)33)9-21-24-18-22-14-13(25(18)2)17(31)27(4)20(32)26(14)3/h5-9,30H,1-4H3,(H,22,24)(H,23,29,33). The third-order valence-electron chi connectivity index (χ3n) is 5.25. The molecule has 0 aliphatic carbocycles. The van der Waals surface area contributed by atoms with E-state index in [1.807, 2.05) is 19.1 Å². The molecule has 13 heteroatoms. The lowest BCUT2D eigenvalue weighted by Gasteiger charge is -2.11. The summed E-state index contributed by atoms with van der Waals surface area (Å²) in [6.07, 6.45) is 1.12. The van der Waals surface area contributed by atoms with E-state index in [1.165, 1.54) is 27.8 Å². The highest BCUT2D eigenvalue weighted by Crippen LogP contribution is 2.19. The van der Waals surface area contributed by atoms with Crippen LogP contribution >= 0.6 is 12.2 Å². The van der Waals surface area contributed by atoms with Gasteiger partial charge in [0, 0.05) is 21.1 Å². The van der Waals surface area contributed by atoms with Crippen LogP contribution in [0.3, 0.4) is 0 Å². The van der Waals surface area contributed by atoms with Crippen molar-refractivity contribution >= 4 is 35.5 Å². The molecular weight excluding hydrogens is 448 g/mol. The molecule has 3 N–H and O–H groups in total. The van der Waals surface area contributed by atoms with Crippen LogP contribution in [0.5, 0.6) is 5.88 Å². The van der Waals surface area contributed by atoms with Crippen LogP contribution in [0.25, 0.3) is 16.9 Å². The number of hydrogen-bond acceptors (Lipinski definition) is 8. The molecule has 3 heterocycles. The molecule has 12 nitrogen and oxygen atoms in total. The van der Waals surface area contributed by atoms with Crippen LogP contribution in [0, 0.1) is 11.7 Å². The lowest BCUT2D eigenvalue weighted by atomic mass is 10.2. The number of rotatable bonds is 4. The van der Waals surface area contributed by atoms with Crippen LogP contribution in [0.1, 0.15) is 11.1 Å². The second kappa shape index (κ2) is 8.02. The van der Waals surface area contributed by atoms with E-state index < -0.39 is 16.8 Å². The van der Waals surface area contributed by atoms with Gasteiger partial charge in [0.15, 0.2) is 15.9 Å². The zero-order chi connectivity index (χ0) is 24.0. The van der Waals surface area contributed by atoms with Gasteiger partial charge in [-0.1, -0.05) is 17.7 Å². The zero-order valence-electron chi connectivity index (χ0n) is 18.2. The number of H-pyrrole nitrogens is 1. The van der Waals surface area contributed by atoms with Crippen molar-refractivity contribution in [1.29, 1.82) is 0 Å².